The first kappa shape index (κ1) is 8.89. The monoisotopic (exact) mass is 190 g/mol. The van der Waals surface area contributed by atoms with E-state index in [1.54, 1.807) is 0 Å². The first-order valence-corrected chi connectivity index (χ1v) is 5.58. The zero-order valence-corrected chi connectivity index (χ0v) is 8.90. The molecule has 0 saturated heterocycles. The van der Waals surface area contributed by atoms with Gasteiger partial charge in [0.25, 0.3) is 0 Å². The van der Waals surface area contributed by atoms with Crippen LogP contribution in [0.1, 0.15) is 18.1 Å². The third-order valence-electron chi connectivity index (χ3n) is 2.54. The molecule has 0 unspecified atom stereocenters. The molecule has 0 fully saturated rings. The summed E-state index contributed by atoms with van der Waals surface area (Å²) in [5, 5.41) is 0. The van der Waals surface area contributed by atoms with Crippen LogP contribution >= 0.6 is 11.8 Å². The first-order chi connectivity index (χ1) is 6.21. The van der Waals surface area contributed by atoms with E-state index in [1.165, 1.54) is 11.1 Å². The molecule has 1 heteroatoms. The van der Waals surface area contributed by atoms with E-state index in [0.29, 0.717) is 0 Å². The summed E-state index contributed by atoms with van der Waals surface area (Å²) in [4.78, 5) is 0. The molecule has 1 heterocycles. The normalized spacial score (nSPS) is 26.6. The highest BCUT2D eigenvalue weighted by Gasteiger charge is 2.26. The average molecular weight is 190 g/mol. The minimum Gasteiger partial charge on any atom is -0.142 e. The number of hydrogen-bond donors (Lipinski definition) is 0. The molecule has 1 aliphatic rings. The van der Waals surface area contributed by atoms with E-state index in [2.05, 4.69) is 50.3 Å². The van der Waals surface area contributed by atoms with Crippen LogP contribution in [0.3, 0.4) is 0 Å². The Bertz CT molecular complexity index is 323. The Kier molecular flexibility index (Phi) is 2.20. The molecule has 1 aromatic rings. The van der Waals surface area contributed by atoms with Gasteiger partial charge in [0.2, 0.25) is 0 Å². The second kappa shape index (κ2) is 3.22. The second-order valence-corrected chi connectivity index (χ2v) is 5.16. The number of hydrogen-bond acceptors (Lipinski definition) is 1. The lowest BCUT2D eigenvalue weighted by atomic mass is 9.99. The van der Waals surface area contributed by atoms with E-state index >= 15 is 0 Å². The van der Waals surface area contributed by atoms with Crippen molar-refractivity contribution in [1.29, 1.82) is 0 Å². The highest BCUT2D eigenvalue weighted by atomic mass is 32.2. The summed E-state index contributed by atoms with van der Waals surface area (Å²) in [5.74, 6) is 1.14. The summed E-state index contributed by atoms with van der Waals surface area (Å²) in [6, 6.07) is 8.84. The van der Waals surface area contributed by atoms with Crippen LogP contribution in [0.2, 0.25) is 0 Å². The van der Waals surface area contributed by atoms with Crippen LogP contribution in [0.5, 0.6) is 0 Å². The van der Waals surface area contributed by atoms with Gasteiger partial charge in [0.05, 0.1) is 4.75 Å². The molecule has 13 heavy (non-hydrogen) atoms. The predicted molar refractivity (Wildman–Crippen MR) is 60.1 cm³/mol. The van der Waals surface area contributed by atoms with Crippen LogP contribution in [0.25, 0.3) is 0 Å². The summed E-state index contributed by atoms with van der Waals surface area (Å²) in [6.07, 6.45) is 4.56. The zero-order chi connectivity index (χ0) is 9.31. The number of aryl methyl sites for hydroxylation is 1. The fourth-order valence-corrected chi connectivity index (χ4v) is 2.64. The molecule has 1 aromatic carbocycles. The first-order valence-electron chi connectivity index (χ1n) is 4.59. The fourth-order valence-electron chi connectivity index (χ4n) is 1.61. The molecule has 0 aliphatic carbocycles. The van der Waals surface area contributed by atoms with E-state index in [0.717, 1.165) is 5.75 Å². The molecule has 0 amide bonds. The van der Waals surface area contributed by atoms with E-state index in [-0.39, 0.29) is 4.75 Å². The Morgan fingerprint density at radius 2 is 1.92 bits per heavy atom. The lowest BCUT2D eigenvalue weighted by Gasteiger charge is -2.21. The molecule has 1 atom stereocenters. The Balaban J connectivity index is 2.35. The quantitative estimate of drug-likeness (QED) is 0.611. The van der Waals surface area contributed by atoms with Crippen molar-refractivity contribution in [3.05, 3.63) is 47.5 Å². The minimum atomic E-state index is 0.216. The maximum Gasteiger partial charge on any atom is 0.0563 e. The number of rotatable bonds is 1. The molecule has 0 nitrogen and oxygen atoms in total. The van der Waals surface area contributed by atoms with Crippen LogP contribution in [0.15, 0.2) is 36.4 Å². The smallest absolute Gasteiger partial charge is 0.0563 e. The topological polar surface area (TPSA) is 0 Å². The Hall–Kier alpha value is -0.690. The summed E-state index contributed by atoms with van der Waals surface area (Å²) < 4.78 is 0.216. The standard InChI is InChI=1S/C12H14S/c1-10-4-6-11(7-5-10)12(2)8-3-9-13-12/h3-8H,9H2,1-2H3/t12-/m0/s1. The van der Waals surface area contributed by atoms with Crippen LogP contribution in [-0.4, -0.2) is 5.75 Å². The number of thioether (sulfide) groups is 1. The van der Waals surface area contributed by atoms with Gasteiger partial charge >= 0.3 is 0 Å². The fraction of sp³-hybridized carbons (Fsp3) is 0.333. The lowest BCUT2D eigenvalue weighted by Crippen LogP contribution is -2.10. The number of benzene rings is 1. The van der Waals surface area contributed by atoms with Crippen molar-refractivity contribution in [2.45, 2.75) is 18.6 Å². The van der Waals surface area contributed by atoms with Crippen LogP contribution in [0, 0.1) is 6.92 Å². The molecule has 0 spiro atoms. The van der Waals surface area contributed by atoms with Gasteiger partial charge in [0.15, 0.2) is 0 Å². The van der Waals surface area contributed by atoms with Gasteiger partial charge in [-0.05, 0) is 19.4 Å². The van der Waals surface area contributed by atoms with Crippen molar-refractivity contribution >= 4 is 11.8 Å². The van der Waals surface area contributed by atoms with E-state index in [1.807, 2.05) is 11.8 Å². The van der Waals surface area contributed by atoms with Gasteiger partial charge in [0.1, 0.15) is 0 Å². The maximum atomic E-state index is 2.31. The molecule has 2 rings (SSSR count). The highest BCUT2D eigenvalue weighted by molar-refractivity contribution is 8.00. The molecule has 1 aliphatic heterocycles. The van der Waals surface area contributed by atoms with Crippen LogP contribution in [-0.2, 0) is 4.75 Å². The minimum absolute atomic E-state index is 0.216. The molecule has 68 valence electrons. The van der Waals surface area contributed by atoms with Crippen molar-refractivity contribution in [1.82, 2.24) is 0 Å². The molecule has 0 radical (unpaired) electrons. The summed E-state index contributed by atoms with van der Waals surface area (Å²) in [6.45, 7) is 4.41. The molecule has 0 saturated carbocycles. The van der Waals surface area contributed by atoms with Gasteiger partial charge in [-0.1, -0.05) is 42.0 Å². The second-order valence-electron chi connectivity index (χ2n) is 3.69. The SMILES string of the molecule is Cc1ccc([C@]2(C)C=CCS2)cc1. The van der Waals surface area contributed by atoms with Gasteiger partial charge in [-0.2, -0.15) is 0 Å². The summed E-state index contributed by atoms with van der Waals surface area (Å²) >= 11 is 1.99. The van der Waals surface area contributed by atoms with Crippen LogP contribution < -0.4 is 0 Å². The third kappa shape index (κ3) is 1.66. The Labute approximate surface area is 84.0 Å². The Morgan fingerprint density at radius 3 is 2.46 bits per heavy atom. The molecule has 0 aromatic heterocycles. The van der Waals surface area contributed by atoms with Gasteiger partial charge in [-0.25, -0.2) is 0 Å². The van der Waals surface area contributed by atoms with Crippen molar-refractivity contribution in [2.24, 2.45) is 0 Å². The van der Waals surface area contributed by atoms with Gasteiger partial charge < -0.3 is 0 Å². The van der Waals surface area contributed by atoms with Gasteiger partial charge in [-0.15, -0.1) is 11.8 Å². The maximum absolute atomic E-state index is 2.31. The third-order valence-corrected chi connectivity index (χ3v) is 3.87. The zero-order valence-electron chi connectivity index (χ0n) is 8.08. The van der Waals surface area contributed by atoms with Crippen molar-refractivity contribution in [3.63, 3.8) is 0 Å². The van der Waals surface area contributed by atoms with Gasteiger partial charge in [-0.3, -0.25) is 0 Å². The van der Waals surface area contributed by atoms with Crippen molar-refractivity contribution < 1.29 is 0 Å². The van der Waals surface area contributed by atoms with Crippen LogP contribution in [0.4, 0.5) is 0 Å². The highest BCUT2D eigenvalue weighted by Crippen LogP contribution is 2.41. The van der Waals surface area contributed by atoms with Crippen molar-refractivity contribution in [3.8, 4) is 0 Å². The molecule has 0 N–H and O–H groups in total. The van der Waals surface area contributed by atoms with E-state index in [4.69, 9.17) is 0 Å². The lowest BCUT2D eigenvalue weighted by molar-refractivity contribution is 0.891. The van der Waals surface area contributed by atoms with Crippen molar-refractivity contribution in [2.75, 3.05) is 5.75 Å². The van der Waals surface area contributed by atoms with Gasteiger partial charge in [0, 0.05) is 5.75 Å². The predicted octanol–water partition coefficient (Wildman–Crippen LogP) is 3.51. The molecular weight excluding hydrogens is 176 g/mol. The summed E-state index contributed by atoms with van der Waals surface area (Å²) in [7, 11) is 0. The molecular formula is C12H14S. The van der Waals surface area contributed by atoms with E-state index < -0.39 is 0 Å². The largest absolute Gasteiger partial charge is 0.142 e. The summed E-state index contributed by atoms with van der Waals surface area (Å²) in [5.41, 5.74) is 2.75. The van der Waals surface area contributed by atoms with E-state index in [9.17, 15) is 0 Å². The molecule has 0 bridgehead atoms. The average Bonchev–Trinajstić information content (AvgIpc) is 2.54. The Morgan fingerprint density at radius 1 is 1.23 bits per heavy atom.